The molecule has 0 aliphatic carbocycles. The van der Waals surface area contributed by atoms with Crippen molar-refractivity contribution in [3.8, 4) is 0 Å². The minimum atomic E-state index is -0.305. The highest BCUT2D eigenvalue weighted by atomic mass is 32.2. The van der Waals surface area contributed by atoms with E-state index in [1.54, 1.807) is 6.92 Å². The predicted molar refractivity (Wildman–Crippen MR) is 86.5 cm³/mol. The third-order valence-electron chi connectivity index (χ3n) is 2.38. The van der Waals surface area contributed by atoms with E-state index in [-0.39, 0.29) is 17.6 Å². The molecule has 2 N–H and O–H groups in total. The van der Waals surface area contributed by atoms with Gasteiger partial charge in [-0.1, -0.05) is 34.5 Å². The molecule has 0 saturated carbocycles. The van der Waals surface area contributed by atoms with Gasteiger partial charge >= 0.3 is 0 Å². The third kappa shape index (κ3) is 4.71. The van der Waals surface area contributed by atoms with Crippen LogP contribution in [-0.4, -0.2) is 43.9 Å². The molecule has 2 amide bonds. The maximum Gasteiger partial charge on any atom is 0.271 e. The Morgan fingerprint density at radius 1 is 1.27 bits per heavy atom. The number of nitrogens with one attached hydrogen (secondary N) is 2. The molecule has 11 heteroatoms. The number of carbonyl (C=O) groups excluding carboxylic acids is 2. The van der Waals surface area contributed by atoms with E-state index < -0.39 is 0 Å². The molecule has 22 heavy (non-hydrogen) atoms. The highest BCUT2D eigenvalue weighted by molar-refractivity contribution is 8.01. The molecule has 0 spiro atoms. The average Bonchev–Trinajstić information content (AvgIpc) is 3.11. The van der Waals surface area contributed by atoms with Crippen LogP contribution in [0.4, 0.5) is 5.13 Å². The Balaban J connectivity index is 1.85. The SMILES string of the molecule is CCCNC(=O)CSc1nnc(NC(=O)c2snnc2C)s1. The standard InChI is InChI=1S/C11H14N6O2S3/c1-3-4-12-7(18)5-20-11-16-15-10(21-11)13-9(19)8-6(2)14-17-22-8/h3-5H2,1-2H3,(H,12,18)(H,13,15,19). The van der Waals surface area contributed by atoms with E-state index in [9.17, 15) is 9.59 Å². The number of rotatable bonds is 7. The van der Waals surface area contributed by atoms with Crippen LogP contribution in [0.25, 0.3) is 0 Å². The number of thioether (sulfide) groups is 1. The smallest absolute Gasteiger partial charge is 0.271 e. The summed E-state index contributed by atoms with van der Waals surface area (Å²) in [6, 6.07) is 0. The summed E-state index contributed by atoms with van der Waals surface area (Å²) in [4.78, 5) is 23.9. The second-order valence-electron chi connectivity index (χ2n) is 4.15. The highest BCUT2D eigenvalue weighted by Crippen LogP contribution is 2.25. The first-order valence-corrected chi connectivity index (χ1v) is 9.01. The Morgan fingerprint density at radius 3 is 2.77 bits per heavy atom. The molecule has 0 unspecified atom stereocenters. The van der Waals surface area contributed by atoms with Gasteiger partial charge in [0, 0.05) is 6.54 Å². The zero-order chi connectivity index (χ0) is 15.9. The highest BCUT2D eigenvalue weighted by Gasteiger charge is 2.16. The number of nitrogens with zero attached hydrogens (tertiary/aromatic N) is 4. The summed E-state index contributed by atoms with van der Waals surface area (Å²) >= 11 is 3.54. The first-order valence-electron chi connectivity index (χ1n) is 6.43. The summed E-state index contributed by atoms with van der Waals surface area (Å²) in [6.07, 6.45) is 0.900. The van der Waals surface area contributed by atoms with Crippen molar-refractivity contribution in [2.24, 2.45) is 0 Å². The molecule has 0 aromatic carbocycles. The van der Waals surface area contributed by atoms with Gasteiger partial charge < -0.3 is 5.32 Å². The van der Waals surface area contributed by atoms with E-state index in [0.717, 1.165) is 18.0 Å². The number of anilines is 1. The van der Waals surface area contributed by atoms with Gasteiger partial charge in [-0.25, -0.2) is 0 Å². The van der Waals surface area contributed by atoms with Crippen LogP contribution in [-0.2, 0) is 4.79 Å². The van der Waals surface area contributed by atoms with Crippen LogP contribution in [0.2, 0.25) is 0 Å². The fraction of sp³-hybridized carbons (Fsp3) is 0.455. The molecule has 0 fully saturated rings. The number of aryl methyl sites for hydroxylation is 1. The molecule has 118 valence electrons. The van der Waals surface area contributed by atoms with Gasteiger partial charge in [0.1, 0.15) is 4.88 Å². The molecule has 0 radical (unpaired) electrons. The topological polar surface area (TPSA) is 110 Å². The van der Waals surface area contributed by atoms with Gasteiger partial charge in [-0.2, -0.15) is 0 Å². The quantitative estimate of drug-likeness (QED) is 0.571. The number of hydrogen-bond acceptors (Lipinski definition) is 9. The third-order valence-corrected chi connectivity index (χ3v) is 5.18. The number of amides is 2. The molecule has 0 saturated heterocycles. The zero-order valence-electron chi connectivity index (χ0n) is 12.0. The van der Waals surface area contributed by atoms with Crippen LogP contribution in [0.3, 0.4) is 0 Å². The van der Waals surface area contributed by atoms with Crippen molar-refractivity contribution < 1.29 is 9.59 Å². The maximum atomic E-state index is 12.0. The monoisotopic (exact) mass is 358 g/mol. The van der Waals surface area contributed by atoms with Gasteiger partial charge in [-0.3, -0.25) is 14.9 Å². The molecule has 0 bridgehead atoms. The Hall–Kier alpha value is -1.59. The summed E-state index contributed by atoms with van der Waals surface area (Å²) in [5, 5.41) is 17.4. The second-order valence-corrected chi connectivity index (χ2v) is 7.11. The van der Waals surface area contributed by atoms with Crippen molar-refractivity contribution in [3.63, 3.8) is 0 Å². The van der Waals surface area contributed by atoms with Crippen LogP contribution in [0.15, 0.2) is 4.34 Å². The van der Waals surface area contributed by atoms with Gasteiger partial charge in [-0.05, 0) is 24.9 Å². The van der Waals surface area contributed by atoms with Crippen LogP contribution < -0.4 is 10.6 Å². The van der Waals surface area contributed by atoms with Crippen molar-refractivity contribution in [3.05, 3.63) is 10.6 Å². The molecule has 0 aliphatic rings. The lowest BCUT2D eigenvalue weighted by Crippen LogP contribution is -2.25. The minimum absolute atomic E-state index is 0.0426. The lowest BCUT2D eigenvalue weighted by molar-refractivity contribution is -0.118. The summed E-state index contributed by atoms with van der Waals surface area (Å²) in [6.45, 7) is 4.38. The Bertz CT molecular complexity index is 656. The lowest BCUT2D eigenvalue weighted by atomic mass is 10.4. The van der Waals surface area contributed by atoms with Crippen molar-refractivity contribution in [1.29, 1.82) is 0 Å². The van der Waals surface area contributed by atoms with Gasteiger partial charge in [0.2, 0.25) is 11.0 Å². The van der Waals surface area contributed by atoms with Crippen LogP contribution in [0.1, 0.15) is 28.7 Å². The molecule has 2 aromatic heterocycles. The second kappa shape index (κ2) is 8.15. The van der Waals surface area contributed by atoms with E-state index in [1.807, 2.05) is 6.92 Å². The van der Waals surface area contributed by atoms with Crippen LogP contribution in [0.5, 0.6) is 0 Å². The number of aromatic nitrogens is 4. The van der Waals surface area contributed by atoms with Crippen LogP contribution >= 0.6 is 34.6 Å². The minimum Gasteiger partial charge on any atom is -0.355 e. The van der Waals surface area contributed by atoms with Gasteiger partial charge in [0.25, 0.3) is 5.91 Å². The first kappa shape index (κ1) is 16.8. The lowest BCUT2D eigenvalue weighted by Gasteiger charge is -2.00. The Morgan fingerprint density at radius 2 is 2.09 bits per heavy atom. The normalized spacial score (nSPS) is 10.5. The zero-order valence-corrected chi connectivity index (χ0v) is 14.4. The predicted octanol–water partition coefficient (Wildman–Crippen LogP) is 1.57. The Labute approximate surface area is 139 Å². The van der Waals surface area contributed by atoms with E-state index >= 15 is 0 Å². The van der Waals surface area contributed by atoms with Gasteiger partial charge in [0.15, 0.2) is 4.34 Å². The fourth-order valence-corrected chi connectivity index (χ4v) is 3.48. The molecule has 8 nitrogen and oxygen atoms in total. The molecule has 2 rings (SSSR count). The van der Waals surface area contributed by atoms with Crippen molar-refractivity contribution >= 4 is 51.6 Å². The van der Waals surface area contributed by atoms with Crippen molar-refractivity contribution in [1.82, 2.24) is 25.1 Å². The molecule has 2 heterocycles. The molecule has 2 aromatic rings. The van der Waals surface area contributed by atoms with Gasteiger partial charge in [-0.15, -0.1) is 15.3 Å². The molecule has 0 atom stereocenters. The van der Waals surface area contributed by atoms with Crippen molar-refractivity contribution in [2.45, 2.75) is 24.6 Å². The molecular weight excluding hydrogens is 344 g/mol. The fourth-order valence-electron chi connectivity index (χ4n) is 1.35. The van der Waals surface area contributed by atoms with Crippen LogP contribution in [0, 0.1) is 6.92 Å². The summed E-state index contributed by atoms with van der Waals surface area (Å²) in [7, 11) is 0. The summed E-state index contributed by atoms with van der Waals surface area (Å²) < 4.78 is 4.34. The van der Waals surface area contributed by atoms with E-state index in [4.69, 9.17) is 0 Å². The molecular formula is C11H14N6O2S3. The largest absolute Gasteiger partial charge is 0.355 e. The van der Waals surface area contributed by atoms with E-state index in [0.29, 0.717) is 26.6 Å². The first-order chi connectivity index (χ1) is 10.6. The number of carbonyl (C=O) groups is 2. The van der Waals surface area contributed by atoms with Gasteiger partial charge in [0.05, 0.1) is 11.4 Å². The maximum absolute atomic E-state index is 12.0. The Kier molecular flexibility index (Phi) is 6.21. The van der Waals surface area contributed by atoms with Crippen molar-refractivity contribution in [2.75, 3.05) is 17.6 Å². The van der Waals surface area contributed by atoms with E-state index in [2.05, 4.69) is 30.4 Å². The summed E-state index contributed by atoms with van der Waals surface area (Å²) in [5.74, 6) is -0.0691. The average molecular weight is 358 g/mol. The molecule has 0 aliphatic heterocycles. The van der Waals surface area contributed by atoms with E-state index in [1.165, 1.54) is 23.1 Å². The number of hydrogen-bond donors (Lipinski definition) is 2. The summed E-state index contributed by atoms with van der Waals surface area (Å²) in [5.41, 5.74) is 0.578.